The topological polar surface area (TPSA) is 78.9 Å². The third-order valence-corrected chi connectivity index (χ3v) is 1.97. The number of nitrogens with zero attached hydrogens (tertiary/aromatic N) is 1. The predicted octanol–water partition coefficient (Wildman–Crippen LogP) is 0.364. The first kappa shape index (κ1) is 11.5. The molecule has 1 aliphatic heterocycles. The van der Waals surface area contributed by atoms with Crippen molar-refractivity contribution in [2.24, 2.45) is 0 Å². The summed E-state index contributed by atoms with van der Waals surface area (Å²) in [6, 6.07) is -0.399. The molecule has 0 saturated heterocycles. The SMILES string of the molecule is CC1=CCCN(C(=O)NOCC(=O)O)C1. The molecule has 0 atom stereocenters. The average Bonchev–Trinajstić information content (AvgIpc) is 2.17. The summed E-state index contributed by atoms with van der Waals surface area (Å²) in [6.45, 7) is 2.59. The zero-order valence-electron chi connectivity index (χ0n) is 8.52. The summed E-state index contributed by atoms with van der Waals surface area (Å²) in [6.07, 6.45) is 2.89. The molecule has 84 valence electrons. The molecule has 15 heavy (non-hydrogen) atoms. The molecule has 6 nitrogen and oxygen atoms in total. The van der Waals surface area contributed by atoms with Gasteiger partial charge in [-0.05, 0) is 13.3 Å². The molecule has 1 heterocycles. The van der Waals surface area contributed by atoms with Crippen LogP contribution in [0.4, 0.5) is 4.79 Å². The number of rotatable bonds is 3. The van der Waals surface area contributed by atoms with Gasteiger partial charge >= 0.3 is 12.0 Å². The molecular formula is C9H14N2O4. The first-order chi connectivity index (χ1) is 7.09. The van der Waals surface area contributed by atoms with E-state index in [1.807, 2.05) is 6.92 Å². The predicted molar refractivity (Wildman–Crippen MR) is 52.1 cm³/mol. The summed E-state index contributed by atoms with van der Waals surface area (Å²) in [5.74, 6) is -1.12. The van der Waals surface area contributed by atoms with E-state index in [4.69, 9.17) is 5.11 Å². The van der Waals surface area contributed by atoms with E-state index in [0.29, 0.717) is 13.1 Å². The van der Waals surface area contributed by atoms with Crippen molar-refractivity contribution in [1.29, 1.82) is 0 Å². The fraction of sp³-hybridized carbons (Fsp3) is 0.556. The van der Waals surface area contributed by atoms with Gasteiger partial charge in [0.2, 0.25) is 0 Å². The number of nitrogens with one attached hydrogen (secondary N) is 1. The van der Waals surface area contributed by atoms with E-state index >= 15 is 0 Å². The highest BCUT2D eigenvalue weighted by atomic mass is 16.7. The molecule has 0 spiro atoms. The molecule has 0 radical (unpaired) electrons. The molecule has 1 aliphatic rings. The number of urea groups is 1. The van der Waals surface area contributed by atoms with E-state index in [1.54, 1.807) is 4.90 Å². The molecule has 0 aromatic rings. The van der Waals surface area contributed by atoms with Crippen LogP contribution < -0.4 is 5.48 Å². The normalized spacial score (nSPS) is 15.8. The minimum atomic E-state index is -1.12. The molecule has 0 bridgehead atoms. The molecule has 2 N–H and O–H groups in total. The van der Waals surface area contributed by atoms with Gasteiger partial charge in [0.1, 0.15) is 0 Å². The maximum absolute atomic E-state index is 11.4. The second-order valence-corrected chi connectivity index (χ2v) is 3.35. The maximum Gasteiger partial charge on any atom is 0.341 e. The van der Waals surface area contributed by atoms with Crippen molar-refractivity contribution in [1.82, 2.24) is 10.4 Å². The van der Waals surface area contributed by atoms with E-state index in [0.717, 1.165) is 12.0 Å². The fourth-order valence-electron chi connectivity index (χ4n) is 1.31. The molecule has 0 fully saturated rings. The zero-order valence-corrected chi connectivity index (χ0v) is 8.52. The molecule has 0 saturated carbocycles. The van der Waals surface area contributed by atoms with Crippen molar-refractivity contribution in [3.63, 3.8) is 0 Å². The van der Waals surface area contributed by atoms with Gasteiger partial charge in [-0.1, -0.05) is 11.6 Å². The molecule has 2 amide bonds. The summed E-state index contributed by atoms with van der Waals surface area (Å²) in [4.78, 5) is 27.6. The Morgan fingerprint density at radius 2 is 2.40 bits per heavy atom. The Morgan fingerprint density at radius 3 is 3.00 bits per heavy atom. The molecule has 0 unspecified atom stereocenters. The lowest BCUT2D eigenvalue weighted by molar-refractivity contribution is -0.144. The Hall–Kier alpha value is -1.56. The Balaban J connectivity index is 2.28. The molecule has 6 heteroatoms. The third-order valence-electron chi connectivity index (χ3n) is 1.97. The van der Waals surface area contributed by atoms with Crippen LogP contribution in [0.5, 0.6) is 0 Å². The van der Waals surface area contributed by atoms with Crippen LogP contribution in [0.25, 0.3) is 0 Å². The zero-order chi connectivity index (χ0) is 11.3. The quantitative estimate of drug-likeness (QED) is 0.525. The van der Waals surface area contributed by atoms with E-state index in [9.17, 15) is 9.59 Å². The number of carbonyl (C=O) groups excluding carboxylic acids is 1. The molecule has 0 aromatic heterocycles. The number of hydrogen-bond acceptors (Lipinski definition) is 3. The van der Waals surface area contributed by atoms with E-state index in [-0.39, 0.29) is 0 Å². The van der Waals surface area contributed by atoms with Gasteiger partial charge in [0, 0.05) is 13.1 Å². The van der Waals surface area contributed by atoms with Crippen LogP contribution >= 0.6 is 0 Å². The van der Waals surface area contributed by atoms with Crippen molar-refractivity contribution in [2.75, 3.05) is 19.7 Å². The Bertz CT molecular complexity index is 288. The van der Waals surface area contributed by atoms with Gasteiger partial charge in [0.05, 0.1) is 0 Å². The Morgan fingerprint density at radius 1 is 1.67 bits per heavy atom. The number of amides is 2. The van der Waals surface area contributed by atoms with Gasteiger partial charge in [-0.15, -0.1) is 0 Å². The van der Waals surface area contributed by atoms with Crippen molar-refractivity contribution in [3.8, 4) is 0 Å². The monoisotopic (exact) mass is 214 g/mol. The highest BCUT2D eigenvalue weighted by molar-refractivity contribution is 5.74. The Labute approximate surface area is 87.5 Å². The van der Waals surface area contributed by atoms with Crippen molar-refractivity contribution in [2.45, 2.75) is 13.3 Å². The van der Waals surface area contributed by atoms with Crippen molar-refractivity contribution < 1.29 is 19.5 Å². The lowest BCUT2D eigenvalue weighted by Gasteiger charge is -2.25. The molecule has 0 aliphatic carbocycles. The van der Waals surface area contributed by atoms with E-state index < -0.39 is 18.6 Å². The highest BCUT2D eigenvalue weighted by Gasteiger charge is 2.16. The van der Waals surface area contributed by atoms with Crippen molar-refractivity contribution >= 4 is 12.0 Å². The van der Waals surface area contributed by atoms with Crippen LogP contribution in [-0.4, -0.2) is 41.7 Å². The van der Waals surface area contributed by atoms with Crippen LogP contribution in [0.1, 0.15) is 13.3 Å². The number of carboxylic acids is 1. The first-order valence-corrected chi connectivity index (χ1v) is 4.63. The molecule has 1 rings (SSSR count). The fourth-order valence-corrected chi connectivity index (χ4v) is 1.31. The summed E-state index contributed by atoms with van der Waals surface area (Å²) >= 11 is 0. The van der Waals surface area contributed by atoms with Crippen LogP contribution in [0.2, 0.25) is 0 Å². The molecule has 0 aromatic carbocycles. The smallest absolute Gasteiger partial charge is 0.341 e. The largest absolute Gasteiger partial charge is 0.479 e. The maximum atomic E-state index is 11.4. The number of carbonyl (C=O) groups is 2. The number of hydroxylamine groups is 1. The van der Waals surface area contributed by atoms with Gasteiger partial charge in [-0.25, -0.2) is 15.1 Å². The van der Waals surface area contributed by atoms with Crippen molar-refractivity contribution in [3.05, 3.63) is 11.6 Å². The van der Waals surface area contributed by atoms with E-state index in [1.165, 1.54) is 0 Å². The van der Waals surface area contributed by atoms with Crippen LogP contribution in [0.15, 0.2) is 11.6 Å². The van der Waals surface area contributed by atoms with Gasteiger partial charge in [-0.3, -0.25) is 4.84 Å². The average molecular weight is 214 g/mol. The van der Waals surface area contributed by atoms with Crippen LogP contribution in [0.3, 0.4) is 0 Å². The second kappa shape index (κ2) is 5.35. The summed E-state index contributed by atoms with van der Waals surface area (Å²) < 4.78 is 0. The number of hydrogen-bond donors (Lipinski definition) is 2. The highest BCUT2D eigenvalue weighted by Crippen LogP contribution is 2.08. The minimum Gasteiger partial charge on any atom is -0.479 e. The van der Waals surface area contributed by atoms with Gasteiger partial charge in [0.15, 0.2) is 6.61 Å². The summed E-state index contributed by atoms with van der Waals surface area (Å²) in [5.41, 5.74) is 3.20. The summed E-state index contributed by atoms with van der Waals surface area (Å²) in [5, 5.41) is 8.28. The first-order valence-electron chi connectivity index (χ1n) is 4.63. The van der Waals surface area contributed by atoms with Gasteiger partial charge in [0.25, 0.3) is 0 Å². The van der Waals surface area contributed by atoms with Crippen LogP contribution in [-0.2, 0) is 9.63 Å². The lowest BCUT2D eigenvalue weighted by atomic mass is 10.1. The standard InChI is InChI=1S/C9H14N2O4/c1-7-3-2-4-11(5-7)9(14)10-15-6-8(12)13/h3H,2,4-6H2,1H3,(H,10,14)(H,12,13). The summed E-state index contributed by atoms with van der Waals surface area (Å²) in [7, 11) is 0. The number of aliphatic carboxylic acids is 1. The minimum absolute atomic E-state index is 0.399. The van der Waals surface area contributed by atoms with Gasteiger partial charge < -0.3 is 10.0 Å². The van der Waals surface area contributed by atoms with Gasteiger partial charge in [-0.2, -0.15) is 0 Å². The second-order valence-electron chi connectivity index (χ2n) is 3.35. The molecular weight excluding hydrogens is 200 g/mol. The third kappa shape index (κ3) is 3.99. The number of carboxylic acid groups (broad SMARTS) is 1. The Kier molecular flexibility index (Phi) is 4.11. The van der Waals surface area contributed by atoms with Crippen LogP contribution in [0, 0.1) is 0 Å². The van der Waals surface area contributed by atoms with E-state index in [2.05, 4.69) is 16.4 Å². The lowest BCUT2D eigenvalue weighted by Crippen LogP contribution is -2.43.